The Morgan fingerprint density at radius 3 is 2.76 bits per heavy atom. The summed E-state index contributed by atoms with van der Waals surface area (Å²) in [5.74, 6) is 0.168. The summed E-state index contributed by atoms with van der Waals surface area (Å²) in [6.45, 7) is 0.723. The van der Waals surface area contributed by atoms with E-state index in [9.17, 15) is 13.2 Å². The number of halogens is 4. The first-order valence-corrected chi connectivity index (χ1v) is 5.65. The molecule has 96 valence electrons. The fourth-order valence-electron chi connectivity index (χ4n) is 1.89. The van der Waals surface area contributed by atoms with Gasteiger partial charge in [0.05, 0.1) is 0 Å². The maximum atomic E-state index is 12.9. The topological polar surface area (TPSA) is 28.4 Å². The average molecular weight is 269 g/mol. The van der Waals surface area contributed by atoms with Gasteiger partial charge in [-0.15, -0.1) is 0 Å². The van der Waals surface area contributed by atoms with Gasteiger partial charge < -0.3 is 14.6 Å². The molecule has 2 heterocycles. The Balaban J connectivity index is 2.26. The molecule has 2 rings (SSSR count). The van der Waals surface area contributed by atoms with E-state index >= 15 is 0 Å². The van der Waals surface area contributed by atoms with Crippen LogP contribution in [0.25, 0.3) is 0 Å². The lowest BCUT2D eigenvalue weighted by Gasteiger charge is -2.30. The molecule has 0 aromatic carbocycles. The van der Waals surface area contributed by atoms with Crippen LogP contribution in [0.1, 0.15) is 6.42 Å². The van der Waals surface area contributed by atoms with Gasteiger partial charge >= 0.3 is 6.18 Å². The normalized spacial score (nSPS) is 22.6. The van der Waals surface area contributed by atoms with E-state index in [1.165, 1.54) is 17.0 Å². The van der Waals surface area contributed by atoms with Gasteiger partial charge in [-0.25, -0.2) is 0 Å². The van der Waals surface area contributed by atoms with Crippen LogP contribution in [0.4, 0.5) is 19.1 Å². The molecule has 0 aliphatic carbocycles. The minimum absolute atomic E-state index is 0.0955. The Kier molecular flexibility index (Phi) is 3.53. The Bertz CT molecular complexity index is 380. The second-order valence-electron chi connectivity index (χ2n) is 3.89. The summed E-state index contributed by atoms with van der Waals surface area (Å²) in [4.78, 5) is 1.21. The van der Waals surface area contributed by atoms with Crippen LogP contribution in [-0.4, -0.2) is 31.9 Å². The lowest BCUT2D eigenvalue weighted by atomic mass is 10.2. The summed E-state index contributed by atoms with van der Waals surface area (Å²) in [5.41, 5.74) is 0. The number of nitrogens with one attached hydrogen (secondary N) is 1. The standard InChI is InChI=1S/C10H12ClF3N2O/c11-8-2-3-9(17-8)16-5-1-4-15-6-7(16)10(12,13)14/h2-3,7,15H,1,4-6H2. The summed E-state index contributed by atoms with van der Waals surface area (Å²) in [5, 5.41) is 2.87. The van der Waals surface area contributed by atoms with E-state index in [0.717, 1.165) is 0 Å². The molecule has 0 bridgehead atoms. The van der Waals surface area contributed by atoms with Crippen molar-refractivity contribution in [3.8, 4) is 0 Å². The monoisotopic (exact) mass is 268 g/mol. The largest absolute Gasteiger partial charge is 0.429 e. The number of furan rings is 1. The number of hydrogen-bond donors (Lipinski definition) is 1. The van der Waals surface area contributed by atoms with Crippen molar-refractivity contribution < 1.29 is 17.6 Å². The summed E-state index contributed by atoms with van der Waals surface area (Å²) < 4.78 is 43.8. The van der Waals surface area contributed by atoms with Gasteiger partial charge in [-0.1, -0.05) is 0 Å². The molecule has 1 atom stereocenters. The molecule has 1 unspecified atom stereocenters. The highest BCUT2D eigenvalue weighted by atomic mass is 35.5. The van der Waals surface area contributed by atoms with Gasteiger partial charge in [0.25, 0.3) is 0 Å². The SMILES string of the molecule is FC(F)(F)C1CNCCCN1c1ccc(Cl)o1. The molecular weight excluding hydrogens is 257 g/mol. The smallest absolute Gasteiger partial charge is 0.410 e. The second kappa shape index (κ2) is 4.78. The van der Waals surface area contributed by atoms with E-state index < -0.39 is 12.2 Å². The molecular formula is C10H12ClF3N2O. The van der Waals surface area contributed by atoms with E-state index in [4.69, 9.17) is 16.0 Å². The lowest BCUT2D eigenvalue weighted by molar-refractivity contribution is -0.147. The molecule has 1 aliphatic rings. The zero-order valence-corrected chi connectivity index (χ0v) is 9.68. The van der Waals surface area contributed by atoms with Gasteiger partial charge in [-0.2, -0.15) is 13.2 Å². The number of nitrogens with zero attached hydrogens (tertiary/aromatic N) is 1. The maximum Gasteiger partial charge on any atom is 0.410 e. The third kappa shape index (κ3) is 2.87. The molecule has 0 saturated carbocycles. The highest BCUT2D eigenvalue weighted by Gasteiger charge is 2.44. The number of alkyl halides is 3. The highest BCUT2D eigenvalue weighted by molar-refractivity contribution is 6.28. The molecule has 1 aliphatic heterocycles. The Labute approximate surface area is 102 Å². The highest BCUT2D eigenvalue weighted by Crippen LogP contribution is 2.31. The predicted molar refractivity (Wildman–Crippen MR) is 58.4 cm³/mol. The zero-order valence-electron chi connectivity index (χ0n) is 8.93. The van der Waals surface area contributed by atoms with Crippen LogP contribution in [-0.2, 0) is 0 Å². The van der Waals surface area contributed by atoms with Crippen LogP contribution in [0.5, 0.6) is 0 Å². The van der Waals surface area contributed by atoms with E-state index in [1.54, 1.807) is 0 Å². The summed E-state index contributed by atoms with van der Waals surface area (Å²) in [6, 6.07) is 1.34. The first-order chi connectivity index (χ1) is 7.98. The predicted octanol–water partition coefficient (Wildman–Crippen LogP) is 2.66. The molecule has 0 radical (unpaired) electrons. The van der Waals surface area contributed by atoms with Crippen molar-refractivity contribution in [2.75, 3.05) is 24.5 Å². The molecule has 17 heavy (non-hydrogen) atoms. The minimum atomic E-state index is -4.30. The molecule has 1 saturated heterocycles. The molecule has 0 amide bonds. The van der Waals surface area contributed by atoms with Crippen LogP contribution in [0.3, 0.4) is 0 Å². The Morgan fingerprint density at radius 1 is 1.41 bits per heavy atom. The first kappa shape index (κ1) is 12.6. The van der Waals surface area contributed by atoms with Crippen molar-refractivity contribution in [1.82, 2.24) is 5.32 Å². The maximum absolute atomic E-state index is 12.9. The van der Waals surface area contributed by atoms with Crippen molar-refractivity contribution in [3.05, 3.63) is 17.4 Å². The van der Waals surface area contributed by atoms with Crippen molar-refractivity contribution in [1.29, 1.82) is 0 Å². The third-order valence-electron chi connectivity index (χ3n) is 2.69. The van der Waals surface area contributed by atoms with E-state index in [0.29, 0.717) is 19.5 Å². The fourth-order valence-corrected chi connectivity index (χ4v) is 2.04. The quantitative estimate of drug-likeness (QED) is 0.849. The minimum Gasteiger partial charge on any atom is -0.429 e. The van der Waals surface area contributed by atoms with Gasteiger partial charge in [0.2, 0.25) is 0 Å². The zero-order chi connectivity index (χ0) is 12.5. The van der Waals surface area contributed by atoms with Gasteiger partial charge in [0.15, 0.2) is 11.1 Å². The van der Waals surface area contributed by atoms with Gasteiger partial charge in [-0.05, 0) is 30.6 Å². The van der Waals surface area contributed by atoms with Crippen molar-refractivity contribution in [2.45, 2.75) is 18.6 Å². The van der Waals surface area contributed by atoms with Crippen molar-refractivity contribution in [3.63, 3.8) is 0 Å². The van der Waals surface area contributed by atoms with Crippen LogP contribution in [0, 0.1) is 0 Å². The van der Waals surface area contributed by atoms with Crippen molar-refractivity contribution >= 4 is 17.5 Å². The summed E-state index contributed by atoms with van der Waals surface area (Å²) >= 11 is 5.59. The Morgan fingerprint density at radius 2 is 2.18 bits per heavy atom. The fraction of sp³-hybridized carbons (Fsp3) is 0.600. The molecule has 1 fully saturated rings. The second-order valence-corrected chi connectivity index (χ2v) is 4.26. The number of rotatable bonds is 1. The van der Waals surface area contributed by atoms with Gasteiger partial charge in [0.1, 0.15) is 6.04 Å². The van der Waals surface area contributed by atoms with Gasteiger partial charge in [-0.3, -0.25) is 0 Å². The van der Waals surface area contributed by atoms with Crippen LogP contribution < -0.4 is 10.2 Å². The molecule has 0 spiro atoms. The molecule has 1 N–H and O–H groups in total. The first-order valence-electron chi connectivity index (χ1n) is 5.28. The van der Waals surface area contributed by atoms with Crippen LogP contribution in [0.2, 0.25) is 5.22 Å². The molecule has 7 heteroatoms. The van der Waals surface area contributed by atoms with Crippen LogP contribution in [0.15, 0.2) is 16.5 Å². The van der Waals surface area contributed by atoms with Gasteiger partial charge in [0, 0.05) is 19.2 Å². The Hall–Kier alpha value is -0.880. The van der Waals surface area contributed by atoms with Crippen LogP contribution >= 0.6 is 11.6 Å². The third-order valence-corrected chi connectivity index (χ3v) is 2.89. The molecule has 1 aromatic heterocycles. The lowest BCUT2D eigenvalue weighted by Crippen LogP contribution is -2.49. The average Bonchev–Trinajstić information content (AvgIpc) is 2.52. The molecule has 3 nitrogen and oxygen atoms in total. The number of hydrogen-bond acceptors (Lipinski definition) is 3. The number of anilines is 1. The van der Waals surface area contributed by atoms with Crippen molar-refractivity contribution in [2.24, 2.45) is 0 Å². The molecule has 1 aromatic rings. The van der Waals surface area contributed by atoms with E-state index in [1.807, 2.05) is 0 Å². The van der Waals surface area contributed by atoms with E-state index in [-0.39, 0.29) is 17.6 Å². The summed E-state index contributed by atoms with van der Waals surface area (Å²) in [7, 11) is 0. The van der Waals surface area contributed by atoms with E-state index in [2.05, 4.69) is 5.32 Å². The summed E-state index contributed by atoms with van der Waals surface area (Å²) in [6.07, 6.45) is -3.67.